The second-order valence-electron chi connectivity index (χ2n) is 4.81. The predicted molar refractivity (Wildman–Crippen MR) is 77.0 cm³/mol. The number of thioether (sulfide) groups is 1. The van der Waals surface area contributed by atoms with Crippen molar-refractivity contribution in [3.8, 4) is 0 Å². The lowest BCUT2D eigenvalue weighted by Crippen LogP contribution is -2.44. The predicted octanol–water partition coefficient (Wildman–Crippen LogP) is 1.78. The molecule has 1 heterocycles. The number of piperazine rings is 1. The van der Waals surface area contributed by atoms with E-state index in [1.54, 1.807) is 0 Å². The first-order valence-corrected chi connectivity index (χ1v) is 8.20. The topological polar surface area (TPSA) is 15.7 Å². The number of hydrogen-bond donors (Lipinski definition) is 0. The monoisotopic (exact) mass is 260 g/mol. The fourth-order valence-corrected chi connectivity index (χ4v) is 2.42. The van der Waals surface area contributed by atoms with Crippen LogP contribution in [0.4, 0.5) is 0 Å². The lowest BCUT2D eigenvalue weighted by atomic mass is 10.2. The molecule has 0 aromatic heterocycles. The molecule has 0 saturated carbocycles. The highest BCUT2D eigenvalue weighted by molar-refractivity contribution is 7.98. The highest BCUT2D eigenvalue weighted by atomic mass is 32.2. The Morgan fingerprint density at radius 2 is 1.71 bits per heavy atom. The van der Waals surface area contributed by atoms with Gasteiger partial charge in [-0.05, 0) is 44.9 Å². The van der Waals surface area contributed by atoms with E-state index in [2.05, 4.69) is 23.1 Å². The zero-order chi connectivity index (χ0) is 12.3. The fraction of sp³-hybridized carbons (Fsp3) is 1.00. The molecule has 0 aliphatic carbocycles. The molecule has 0 amide bonds. The van der Waals surface area contributed by atoms with Crippen LogP contribution in [0.3, 0.4) is 0 Å². The molecule has 0 aromatic rings. The van der Waals surface area contributed by atoms with Gasteiger partial charge in [-0.25, -0.2) is 0 Å². The van der Waals surface area contributed by atoms with Crippen molar-refractivity contribution in [2.75, 3.05) is 65.0 Å². The average molecular weight is 260 g/mol. The second-order valence-corrected chi connectivity index (χ2v) is 5.80. The van der Waals surface area contributed by atoms with E-state index in [9.17, 15) is 0 Å². The van der Waals surface area contributed by atoms with Gasteiger partial charge in [0.15, 0.2) is 0 Å². The minimum absolute atomic E-state index is 0.940. The largest absolute Gasteiger partial charge is 0.381 e. The number of likely N-dealkylation sites (N-methyl/N-ethyl adjacent to an activating group) is 1. The standard InChI is InChI=1S/C13H28N2OS/c1-14-7-9-15(10-8-14)6-3-4-11-16-12-5-13-17-2/h3-13H2,1-2H3. The van der Waals surface area contributed by atoms with Gasteiger partial charge in [0.25, 0.3) is 0 Å². The Kier molecular flexibility index (Phi) is 9.16. The molecule has 102 valence electrons. The fourth-order valence-electron chi connectivity index (χ4n) is 2.02. The zero-order valence-electron chi connectivity index (χ0n) is 11.5. The van der Waals surface area contributed by atoms with Gasteiger partial charge in [-0.3, -0.25) is 0 Å². The number of hydrogen-bond acceptors (Lipinski definition) is 4. The Labute approximate surface area is 111 Å². The quantitative estimate of drug-likeness (QED) is 0.587. The van der Waals surface area contributed by atoms with Crippen LogP contribution in [0.1, 0.15) is 19.3 Å². The van der Waals surface area contributed by atoms with Gasteiger partial charge in [-0.15, -0.1) is 0 Å². The van der Waals surface area contributed by atoms with Crippen molar-refractivity contribution in [3.63, 3.8) is 0 Å². The van der Waals surface area contributed by atoms with E-state index >= 15 is 0 Å². The summed E-state index contributed by atoms with van der Waals surface area (Å²) < 4.78 is 5.60. The van der Waals surface area contributed by atoms with E-state index in [-0.39, 0.29) is 0 Å². The Hall–Kier alpha value is 0.230. The number of rotatable bonds is 9. The van der Waals surface area contributed by atoms with E-state index in [1.165, 1.54) is 57.7 Å². The third kappa shape index (κ3) is 8.03. The molecule has 0 radical (unpaired) electrons. The van der Waals surface area contributed by atoms with Crippen molar-refractivity contribution in [2.45, 2.75) is 19.3 Å². The summed E-state index contributed by atoms with van der Waals surface area (Å²) in [6.07, 6.45) is 5.84. The van der Waals surface area contributed by atoms with E-state index in [4.69, 9.17) is 4.74 Å². The highest BCUT2D eigenvalue weighted by Crippen LogP contribution is 2.02. The van der Waals surface area contributed by atoms with Gasteiger partial charge in [-0.2, -0.15) is 11.8 Å². The number of unbranched alkanes of at least 4 members (excludes halogenated alkanes) is 1. The first-order valence-electron chi connectivity index (χ1n) is 6.80. The van der Waals surface area contributed by atoms with Crippen molar-refractivity contribution in [1.82, 2.24) is 9.80 Å². The molecule has 0 spiro atoms. The van der Waals surface area contributed by atoms with Crippen LogP contribution in [0.25, 0.3) is 0 Å². The van der Waals surface area contributed by atoms with Gasteiger partial charge >= 0.3 is 0 Å². The Morgan fingerprint density at radius 3 is 2.41 bits per heavy atom. The maximum Gasteiger partial charge on any atom is 0.0473 e. The Morgan fingerprint density at radius 1 is 1.00 bits per heavy atom. The smallest absolute Gasteiger partial charge is 0.0473 e. The lowest BCUT2D eigenvalue weighted by molar-refractivity contribution is 0.120. The van der Waals surface area contributed by atoms with Crippen LogP contribution in [-0.2, 0) is 4.74 Å². The third-order valence-electron chi connectivity index (χ3n) is 3.25. The molecule has 4 heteroatoms. The molecule has 0 unspecified atom stereocenters. The highest BCUT2D eigenvalue weighted by Gasteiger charge is 2.12. The molecule has 1 saturated heterocycles. The first kappa shape index (κ1) is 15.3. The molecule has 1 aliphatic rings. The Balaban J connectivity index is 1.81. The lowest BCUT2D eigenvalue weighted by Gasteiger charge is -2.32. The summed E-state index contributed by atoms with van der Waals surface area (Å²) in [5.41, 5.74) is 0. The van der Waals surface area contributed by atoms with Gasteiger partial charge < -0.3 is 14.5 Å². The van der Waals surface area contributed by atoms with Gasteiger partial charge in [0.1, 0.15) is 0 Å². The Bertz CT molecular complexity index is 173. The first-order chi connectivity index (χ1) is 8.33. The van der Waals surface area contributed by atoms with E-state index in [0.717, 1.165) is 13.2 Å². The molecular formula is C13H28N2OS. The summed E-state index contributed by atoms with van der Waals surface area (Å²) in [5.74, 6) is 1.22. The van der Waals surface area contributed by atoms with E-state index < -0.39 is 0 Å². The molecule has 3 nitrogen and oxygen atoms in total. The van der Waals surface area contributed by atoms with Crippen molar-refractivity contribution in [1.29, 1.82) is 0 Å². The van der Waals surface area contributed by atoms with Gasteiger partial charge in [0, 0.05) is 39.4 Å². The van der Waals surface area contributed by atoms with Crippen LogP contribution in [0.2, 0.25) is 0 Å². The summed E-state index contributed by atoms with van der Waals surface area (Å²) in [5, 5.41) is 0. The SMILES string of the molecule is CSCCCOCCCCN1CCN(C)CC1. The van der Waals surface area contributed by atoms with Crippen LogP contribution < -0.4 is 0 Å². The summed E-state index contributed by atoms with van der Waals surface area (Å²) >= 11 is 1.90. The van der Waals surface area contributed by atoms with Crippen LogP contribution in [0, 0.1) is 0 Å². The van der Waals surface area contributed by atoms with Crippen molar-refractivity contribution in [2.24, 2.45) is 0 Å². The van der Waals surface area contributed by atoms with E-state index in [1.807, 2.05) is 11.8 Å². The molecule has 1 fully saturated rings. The van der Waals surface area contributed by atoms with Crippen LogP contribution >= 0.6 is 11.8 Å². The van der Waals surface area contributed by atoms with Gasteiger partial charge in [0.2, 0.25) is 0 Å². The summed E-state index contributed by atoms with van der Waals surface area (Å²) in [6, 6.07) is 0. The van der Waals surface area contributed by atoms with Crippen molar-refractivity contribution in [3.05, 3.63) is 0 Å². The normalized spacial score (nSPS) is 18.7. The minimum atomic E-state index is 0.940. The molecule has 0 atom stereocenters. The van der Waals surface area contributed by atoms with Gasteiger partial charge in [0.05, 0.1) is 0 Å². The minimum Gasteiger partial charge on any atom is -0.381 e. The molecule has 0 bridgehead atoms. The van der Waals surface area contributed by atoms with Gasteiger partial charge in [-0.1, -0.05) is 0 Å². The van der Waals surface area contributed by atoms with Crippen molar-refractivity contribution < 1.29 is 4.74 Å². The molecule has 1 rings (SSSR count). The molecule has 0 aromatic carbocycles. The number of ether oxygens (including phenoxy) is 1. The zero-order valence-corrected chi connectivity index (χ0v) is 12.3. The van der Waals surface area contributed by atoms with Crippen LogP contribution in [0.5, 0.6) is 0 Å². The molecule has 17 heavy (non-hydrogen) atoms. The molecular weight excluding hydrogens is 232 g/mol. The van der Waals surface area contributed by atoms with Crippen LogP contribution in [0.15, 0.2) is 0 Å². The molecule has 1 aliphatic heterocycles. The summed E-state index contributed by atoms with van der Waals surface area (Å²) in [6.45, 7) is 8.08. The average Bonchev–Trinajstić information content (AvgIpc) is 2.35. The number of nitrogens with zero attached hydrogens (tertiary/aromatic N) is 2. The van der Waals surface area contributed by atoms with E-state index in [0.29, 0.717) is 0 Å². The molecule has 0 N–H and O–H groups in total. The summed E-state index contributed by atoms with van der Waals surface area (Å²) in [4.78, 5) is 4.99. The maximum atomic E-state index is 5.60. The van der Waals surface area contributed by atoms with Crippen LogP contribution in [-0.4, -0.2) is 74.8 Å². The summed E-state index contributed by atoms with van der Waals surface area (Å²) in [7, 11) is 2.21. The van der Waals surface area contributed by atoms with Crippen molar-refractivity contribution >= 4 is 11.8 Å². The maximum absolute atomic E-state index is 5.60. The second kappa shape index (κ2) is 10.2. The third-order valence-corrected chi connectivity index (χ3v) is 3.94.